The van der Waals surface area contributed by atoms with Crippen molar-refractivity contribution in [3.63, 3.8) is 0 Å². The van der Waals surface area contributed by atoms with Gasteiger partial charge in [0, 0.05) is 49.3 Å². The quantitative estimate of drug-likeness (QED) is 0.743. The maximum absolute atomic E-state index is 12.9. The van der Waals surface area contributed by atoms with Crippen LogP contribution in [-0.4, -0.2) is 53.9 Å². The van der Waals surface area contributed by atoms with Crippen LogP contribution in [0.25, 0.3) is 10.9 Å². The second-order valence-corrected chi connectivity index (χ2v) is 8.98. The molecule has 1 N–H and O–H groups in total. The maximum Gasteiger partial charge on any atom is 0.248 e. The van der Waals surface area contributed by atoms with E-state index in [1.165, 1.54) is 20.9 Å². The molecule has 0 saturated carbocycles. The molecule has 0 aliphatic carbocycles. The molecule has 0 bridgehead atoms. The molecule has 7 nitrogen and oxygen atoms in total. The minimum atomic E-state index is -3.56. The van der Waals surface area contributed by atoms with E-state index < -0.39 is 10.0 Å². The van der Waals surface area contributed by atoms with Gasteiger partial charge in [-0.2, -0.15) is 4.31 Å². The average molecular weight is 388 g/mol. The number of nitrogens with zero attached hydrogens (tertiary/aromatic N) is 3. The number of aromatic nitrogens is 2. The van der Waals surface area contributed by atoms with Gasteiger partial charge < -0.3 is 9.51 Å². The zero-order chi connectivity index (χ0) is 19.2. The lowest BCUT2D eigenvalue weighted by Crippen LogP contribution is -2.48. The number of hydrogen-bond donors (Lipinski definition) is 1. The lowest BCUT2D eigenvalue weighted by atomic mass is 10.1. The van der Waals surface area contributed by atoms with Gasteiger partial charge >= 0.3 is 0 Å². The summed E-state index contributed by atoms with van der Waals surface area (Å²) >= 11 is 0. The van der Waals surface area contributed by atoms with Crippen molar-refractivity contribution in [2.75, 3.05) is 26.2 Å². The zero-order valence-electron chi connectivity index (χ0n) is 15.8. The third-order valence-corrected chi connectivity index (χ3v) is 7.45. The fourth-order valence-electron chi connectivity index (χ4n) is 3.86. The van der Waals surface area contributed by atoms with E-state index in [-0.39, 0.29) is 4.90 Å². The molecule has 0 radical (unpaired) electrons. The van der Waals surface area contributed by atoms with Crippen LogP contribution in [0.4, 0.5) is 0 Å². The van der Waals surface area contributed by atoms with E-state index in [2.05, 4.69) is 34.1 Å². The maximum atomic E-state index is 12.9. The highest BCUT2D eigenvalue weighted by molar-refractivity contribution is 7.89. The van der Waals surface area contributed by atoms with Gasteiger partial charge in [-0.25, -0.2) is 8.42 Å². The van der Waals surface area contributed by atoms with E-state index in [1.807, 2.05) is 12.1 Å². The lowest BCUT2D eigenvalue weighted by Gasteiger charge is -2.34. The van der Waals surface area contributed by atoms with Gasteiger partial charge in [0.1, 0.15) is 10.6 Å². The lowest BCUT2D eigenvalue weighted by molar-refractivity contribution is 0.181. The van der Waals surface area contributed by atoms with Crippen molar-refractivity contribution in [1.82, 2.24) is 19.3 Å². The van der Waals surface area contributed by atoms with Crippen molar-refractivity contribution >= 4 is 20.9 Å². The van der Waals surface area contributed by atoms with Gasteiger partial charge in [0.05, 0.1) is 0 Å². The number of rotatable bonds is 4. The Morgan fingerprint density at radius 3 is 2.48 bits per heavy atom. The first-order chi connectivity index (χ1) is 12.9. The number of benzene rings is 1. The van der Waals surface area contributed by atoms with Crippen LogP contribution in [0.2, 0.25) is 0 Å². The van der Waals surface area contributed by atoms with Gasteiger partial charge in [-0.1, -0.05) is 23.4 Å². The summed E-state index contributed by atoms with van der Waals surface area (Å²) in [7, 11) is -3.56. The predicted molar refractivity (Wildman–Crippen MR) is 103 cm³/mol. The number of aryl methyl sites for hydroxylation is 3. The monoisotopic (exact) mass is 388 g/mol. The van der Waals surface area contributed by atoms with Crippen molar-refractivity contribution in [2.24, 2.45) is 0 Å². The van der Waals surface area contributed by atoms with E-state index >= 15 is 0 Å². The molecule has 0 unspecified atom stereocenters. The summed E-state index contributed by atoms with van der Waals surface area (Å²) < 4.78 is 32.5. The largest absolute Gasteiger partial charge is 0.360 e. The first kappa shape index (κ1) is 18.2. The molecular weight excluding hydrogens is 364 g/mol. The minimum Gasteiger partial charge on any atom is -0.360 e. The Hall–Kier alpha value is -2.16. The van der Waals surface area contributed by atoms with Crippen LogP contribution in [-0.2, 0) is 16.6 Å². The Morgan fingerprint density at radius 2 is 1.81 bits per heavy atom. The number of aromatic amines is 1. The van der Waals surface area contributed by atoms with E-state index in [9.17, 15) is 8.42 Å². The number of fused-ring (bicyclic) bond motifs is 1. The van der Waals surface area contributed by atoms with Crippen LogP contribution >= 0.6 is 0 Å². The van der Waals surface area contributed by atoms with E-state index in [1.54, 1.807) is 13.8 Å². The average Bonchev–Trinajstić information content (AvgIpc) is 3.15. The molecule has 1 aliphatic rings. The van der Waals surface area contributed by atoms with Crippen LogP contribution < -0.4 is 0 Å². The number of hydrogen-bond acceptors (Lipinski definition) is 5. The van der Waals surface area contributed by atoms with Crippen molar-refractivity contribution in [3.8, 4) is 0 Å². The third-order valence-electron chi connectivity index (χ3n) is 5.31. The second kappa shape index (κ2) is 6.78. The summed E-state index contributed by atoms with van der Waals surface area (Å²) in [5, 5.41) is 5.02. The molecule has 1 fully saturated rings. The highest BCUT2D eigenvalue weighted by atomic mass is 32.2. The molecule has 1 saturated heterocycles. The number of sulfonamides is 1. The number of para-hydroxylation sites is 1. The van der Waals surface area contributed by atoms with E-state index in [0.717, 1.165) is 12.1 Å². The van der Waals surface area contributed by atoms with Crippen LogP contribution in [0.1, 0.15) is 22.7 Å². The molecule has 4 rings (SSSR count). The topological polar surface area (TPSA) is 82.4 Å². The molecule has 8 heteroatoms. The summed E-state index contributed by atoms with van der Waals surface area (Å²) in [5.74, 6) is 0.351. The van der Waals surface area contributed by atoms with Crippen molar-refractivity contribution < 1.29 is 12.9 Å². The van der Waals surface area contributed by atoms with Gasteiger partial charge in [-0.05, 0) is 32.4 Å². The highest BCUT2D eigenvalue weighted by Gasteiger charge is 2.33. The number of piperazine rings is 1. The first-order valence-corrected chi connectivity index (χ1v) is 10.5. The van der Waals surface area contributed by atoms with Gasteiger partial charge in [0.2, 0.25) is 10.0 Å². The summed E-state index contributed by atoms with van der Waals surface area (Å²) in [6.07, 6.45) is 0. The summed E-state index contributed by atoms with van der Waals surface area (Å²) in [5.41, 5.74) is 4.02. The van der Waals surface area contributed by atoms with Crippen LogP contribution in [0, 0.1) is 20.8 Å². The fraction of sp³-hybridized carbons (Fsp3) is 0.421. The minimum absolute atomic E-state index is 0.212. The van der Waals surface area contributed by atoms with E-state index in [4.69, 9.17) is 4.52 Å². The van der Waals surface area contributed by atoms with Gasteiger partial charge in [-0.3, -0.25) is 4.90 Å². The summed E-state index contributed by atoms with van der Waals surface area (Å²) in [4.78, 5) is 5.95. The van der Waals surface area contributed by atoms with Crippen molar-refractivity contribution in [2.45, 2.75) is 32.2 Å². The molecule has 3 heterocycles. The third kappa shape index (κ3) is 3.18. The molecule has 3 aromatic rings. The smallest absolute Gasteiger partial charge is 0.248 e. The van der Waals surface area contributed by atoms with E-state index in [0.29, 0.717) is 37.6 Å². The van der Waals surface area contributed by atoms with Crippen LogP contribution in [0.15, 0.2) is 33.7 Å². The highest BCUT2D eigenvalue weighted by Crippen LogP contribution is 2.26. The Bertz CT molecular complexity index is 1060. The zero-order valence-corrected chi connectivity index (χ0v) is 16.6. The predicted octanol–water partition coefficient (Wildman–Crippen LogP) is 2.59. The summed E-state index contributed by atoms with van der Waals surface area (Å²) in [6.45, 7) is 8.54. The molecule has 2 aromatic heterocycles. The Balaban J connectivity index is 1.48. The molecule has 0 amide bonds. The summed E-state index contributed by atoms with van der Waals surface area (Å²) in [6, 6.07) is 8.29. The van der Waals surface area contributed by atoms with Gasteiger partial charge in [0.15, 0.2) is 5.76 Å². The second-order valence-electron chi connectivity index (χ2n) is 7.11. The number of nitrogens with one attached hydrogen (secondary N) is 1. The Labute approximate surface area is 159 Å². The van der Waals surface area contributed by atoms with Gasteiger partial charge in [-0.15, -0.1) is 0 Å². The fourth-order valence-corrected chi connectivity index (χ4v) is 5.58. The Morgan fingerprint density at radius 1 is 1.11 bits per heavy atom. The van der Waals surface area contributed by atoms with Crippen LogP contribution in [0.3, 0.4) is 0 Å². The molecule has 144 valence electrons. The van der Waals surface area contributed by atoms with Crippen molar-refractivity contribution in [1.29, 1.82) is 0 Å². The van der Waals surface area contributed by atoms with Crippen molar-refractivity contribution in [3.05, 3.63) is 47.0 Å². The molecule has 1 aliphatic heterocycles. The molecule has 27 heavy (non-hydrogen) atoms. The molecule has 0 atom stereocenters. The molecule has 0 spiro atoms. The van der Waals surface area contributed by atoms with Crippen LogP contribution in [0.5, 0.6) is 0 Å². The first-order valence-electron chi connectivity index (χ1n) is 9.09. The van der Waals surface area contributed by atoms with Gasteiger partial charge in [0.25, 0.3) is 0 Å². The molecule has 1 aromatic carbocycles. The standard InChI is InChI=1S/C19H24N4O3S/c1-13-17(16-6-4-5-7-18(16)20-13)12-22-8-10-23(11-9-22)27(24,25)19-14(2)21-26-15(19)3/h4-7,20H,8-12H2,1-3H3. The Kier molecular flexibility index (Phi) is 4.57. The number of H-pyrrole nitrogens is 1. The SMILES string of the molecule is Cc1noc(C)c1S(=O)(=O)N1CCN(Cc2c(C)[nH]c3ccccc23)CC1. The normalized spacial score (nSPS) is 17.0. The molecular formula is C19H24N4O3S.